The summed E-state index contributed by atoms with van der Waals surface area (Å²) < 4.78 is 0. The summed E-state index contributed by atoms with van der Waals surface area (Å²) in [6, 6.07) is 7.66. The number of anilines is 1. The zero-order valence-electron chi connectivity index (χ0n) is 10.5. The van der Waals surface area contributed by atoms with Gasteiger partial charge in [-0.2, -0.15) is 0 Å². The molecule has 2 aromatic rings. The van der Waals surface area contributed by atoms with Crippen LogP contribution in [0.2, 0.25) is 0 Å². The number of piperidine rings is 1. The van der Waals surface area contributed by atoms with Crippen LogP contribution in [0.5, 0.6) is 0 Å². The van der Waals surface area contributed by atoms with Crippen LogP contribution in [0.3, 0.4) is 0 Å². The molecule has 4 nitrogen and oxygen atoms in total. The average Bonchev–Trinajstić information content (AvgIpc) is 2.38. The highest BCUT2D eigenvalue weighted by atomic mass is 16.1. The zero-order valence-corrected chi connectivity index (χ0v) is 10.5. The van der Waals surface area contributed by atoms with E-state index in [1.807, 2.05) is 24.3 Å². The quantitative estimate of drug-likeness (QED) is 0.835. The average molecular weight is 243 g/mol. The number of aromatic nitrogens is 2. The molecule has 0 spiro atoms. The third-order valence-electron chi connectivity index (χ3n) is 3.54. The number of hydrogen-bond donors (Lipinski definition) is 1. The number of para-hydroxylation sites is 2. The fourth-order valence-corrected chi connectivity index (χ4v) is 2.62. The van der Waals surface area contributed by atoms with Crippen molar-refractivity contribution in [2.45, 2.75) is 19.8 Å². The van der Waals surface area contributed by atoms with E-state index in [0.717, 1.165) is 30.5 Å². The predicted octanol–water partition coefficient (Wildman–Crippen LogP) is 2.16. The summed E-state index contributed by atoms with van der Waals surface area (Å²) in [5.41, 5.74) is 1.57. The van der Waals surface area contributed by atoms with Crippen molar-refractivity contribution in [3.05, 3.63) is 34.6 Å². The van der Waals surface area contributed by atoms with Crippen molar-refractivity contribution in [3.63, 3.8) is 0 Å². The Labute approximate surface area is 106 Å². The molecule has 94 valence electrons. The lowest BCUT2D eigenvalue weighted by atomic mass is 10.0. The second-order valence-electron chi connectivity index (χ2n) is 5.10. The van der Waals surface area contributed by atoms with E-state index in [1.165, 1.54) is 6.42 Å². The monoisotopic (exact) mass is 243 g/mol. The van der Waals surface area contributed by atoms with E-state index in [0.29, 0.717) is 11.7 Å². The maximum atomic E-state index is 12.1. The summed E-state index contributed by atoms with van der Waals surface area (Å²) in [7, 11) is 0. The van der Waals surface area contributed by atoms with Gasteiger partial charge in [-0.05, 0) is 30.9 Å². The number of benzene rings is 1. The molecule has 0 amide bonds. The van der Waals surface area contributed by atoms with Crippen LogP contribution in [0, 0.1) is 5.92 Å². The van der Waals surface area contributed by atoms with Crippen molar-refractivity contribution in [1.82, 2.24) is 9.97 Å². The van der Waals surface area contributed by atoms with Crippen LogP contribution < -0.4 is 10.5 Å². The van der Waals surface area contributed by atoms with Crippen LogP contribution >= 0.6 is 0 Å². The van der Waals surface area contributed by atoms with E-state index in [4.69, 9.17) is 0 Å². The van der Waals surface area contributed by atoms with Gasteiger partial charge in [0.25, 0.3) is 5.56 Å². The summed E-state index contributed by atoms with van der Waals surface area (Å²) in [5, 5.41) is 0. The van der Waals surface area contributed by atoms with Crippen molar-refractivity contribution in [2.75, 3.05) is 18.0 Å². The molecule has 1 unspecified atom stereocenters. The van der Waals surface area contributed by atoms with E-state index in [1.54, 1.807) is 0 Å². The van der Waals surface area contributed by atoms with Crippen LogP contribution in [0.25, 0.3) is 11.0 Å². The Morgan fingerprint density at radius 1 is 1.39 bits per heavy atom. The highest BCUT2D eigenvalue weighted by Gasteiger charge is 2.20. The first kappa shape index (κ1) is 11.3. The van der Waals surface area contributed by atoms with Gasteiger partial charge in [0.15, 0.2) is 5.82 Å². The van der Waals surface area contributed by atoms with Crippen LogP contribution in [0.4, 0.5) is 5.82 Å². The standard InChI is InChI=1S/C14H17N3O/c1-10-5-4-8-17(9-10)13-14(18)16-12-7-3-2-6-11(12)15-13/h2-3,6-7,10H,4-5,8-9H2,1H3,(H,16,18). The minimum atomic E-state index is -0.0807. The zero-order chi connectivity index (χ0) is 12.5. The fraction of sp³-hybridized carbons (Fsp3) is 0.429. The van der Waals surface area contributed by atoms with Crippen LogP contribution in [-0.2, 0) is 0 Å². The van der Waals surface area contributed by atoms with Gasteiger partial charge in [0, 0.05) is 13.1 Å². The number of nitrogens with one attached hydrogen (secondary N) is 1. The Morgan fingerprint density at radius 3 is 3.06 bits per heavy atom. The fourth-order valence-electron chi connectivity index (χ4n) is 2.62. The van der Waals surface area contributed by atoms with Gasteiger partial charge >= 0.3 is 0 Å². The van der Waals surface area contributed by atoms with Gasteiger partial charge in [-0.25, -0.2) is 4.98 Å². The second-order valence-corrected chi connectivity index (χ2v) is 5.10. The molecule has 1 N–H and O–H groups in total. The van der Waals surface area contributed by atoms with Gasteiger partial charge in [0.1, 0.15) is 0 Å². The van der Waals surface area contributed by atoms with Crippen molar-refractivity contribution in [1.29, 1.82) is 0 Å². The van der Waals surface area contributed by atoms with Crippen LogP contribution in [0.1, 0.15) is 19.8 Å². The van der Waals surface area contributed by atoms with Crippen molar-refractivity contribution in [3.8, 4) is 0 Å². The Morgan fingerprint density at radius 2 is 2.22 bits per heavy atom. The SMILES string of the molecule is CC1CCCN(c2nc3ccccc3[nH]c2=O)C1. The highest BCUT2D eigenvalue weighted by molar-refractivity contribution is 5.75. The van der Waals surface area contributed by atoms with Crippen LogP contribution in [0.15, 0.2) is 29.1 Å². The lowest BCUT2D eigenvalue weighted by Gasteiger charge is -2.31. The first-order valence-electron chi connectivity index (χ1n) is 6.48. The minimum absolute atomic E-state index is 0.0807. The molecule has 1 saturated heterocycles. The normalized spacial score (nSPS) is 20.3. The number of nitrogens with zero attached hydrogens (tertiary/aromatic N) is 2. The largest absolute Gasteiger partial charge is 0.352 e. The first-order chi connectivity index (χ1) is 8.74. The first-order valence-corrected chi connectivity index (χ1v) is 6.48. The number of aromatic amines is 1. The topological polar surface area (TPSA) is 49.0 Å². The summed E-state index contributed by atoms with van der Waals surface area (Å²) in [5.74, 6) is 1.20. The van der Waals surface area contributed by atoms with Gasteiger partial charge in [0.2, 0.25) is 0 Å². The molecule has 1 atom stereocenters. The second kappa shape index (κ2) is 4.44. The molecule has 1 aliphatic heterocycles. The third kappa shape index (κ3) is 1.98. The molecule has 18 heavy (non-hydrogen) atoms. The van der Waals surface area contributed by atoms with E-state index < -0.39 is 0 Å². The lowest BCUT2D eigenvalue weighted by molar-refractivity contribution is 0.444. The molecule has 0 bridgehead atoms. The maximum Gasteiger partial charge on any atom is 0.291 e. The molecular weight excluding hydrogens is 226 g/mol. The van der Waals surface area contributed by atoms with E-state index in [2.05, 4.69) is 21.8 Å². The lowest BCUT2D eigenvalue weighted by Crippen LogP contribution is -2.38. The van der Waals surface area contributed by atoms with Crippen LogP contribution in [-0.4, -0.2) is 23.1 Å². The summed E-state index contributed by atoms with van der Waals surface area (Å²) in [6.07, 6.45) is 2.37. The molecule has 1 aromatic carbocycles. The van der Waals surface area contributed by atoms with Gasteiger partial charge in [-0.1, -0.05) is 19.1 Å². The predicted molar refractivity (Wildman–Crippen MR) is 73.0 cm³/mol. The molecule has 1 aliphatic rings. The Balaban J connectivity index is 2.05. The molecule has 1 aromatic heterocycles. The maximum absolute atomic E-state index is 12.1. The van der Waals surface area contributed by atoms with Gasteiger partial charge in [-0.15, -0.1) is 0 Å². The van der Waals surface area contributed by atoms with E-state index in [-0.39, 0.29) is 5.56 Å². The number of hydrogen-bond acceptors (Lipinski definition) is 3. The Kier molecular flexibility index (Phi) is 2.78. The molecule has 0 saturated carbocycles. The van der Waals surface area contributed by atoms with Crippen molar-refractivity contribution in [2.24, 2.45) is 5.92 Å². The van der Waals surface area contributed by atoms with Gasteiger partial charge < -0.3 is 9.88 Å². The summed E-state index contributed by atoms with van der Waals surface area (Å²) >= 11 is 0. The third-order valence-corrected chi connectivity index (χ3v) is 3.54. The number of H-pyrrole nitrogens is 1. The van der Waals surface area contributed by atoms with Gasteiger partial charge in [0.05, 0.1) is 11.0 Å². The van der Waals surface area contributed by atoms with E-state index >= 15 is 0 Å². The smallest absolute Gasteiger partial charge is 0.291 e. The Hall–Kier alpha value is -1.84. The number of fused-ring (bicyclic) bond motifs is 1. The Bertz CT molecular complexity index is 620. The van der Waals surface area contributed by atoms with Crippen molar-refractivity contribution < 1.29 is 0 Å². The molecule has 2 heterocycles. The molecule has 3 rings (SSSR count). The molecule has 0 aliphatic carbocycles. The van der Waals surface area contributed by atoms with E-state index in [9.17, 15) is 4.79 Å². The minimum Gasteiger partial charge on any atom is -0.352 e. The van der Waals surface area contributed by atoms with Crippen molar-refractivity contribution >= 4 is 16.9 Å². The number of rotatable bonds is 1. The molecule has 1 fully saturated rings. The molecule has 0 radical (unpaired) electrons. The molecular formula is C14H17N3O. The van der Waals surface area contributed by atoms with Gasteiger partial charge in [-0.3, -0.25) is 4.79 Å². The summed E-state index contributed by atoms with van der Waals surface area (Å²) in [4.78, 5) is 21.6. The summed E-state index contributed by atoms with van der Waals surface area (Å²) in [6.45, 7) is 4.08. The highest BCUT2D eigenvalue weighted by Crippen LogP contribution is 2.19. The molecule has 4 heteroatoms.